The smallest absolute Gasteiger partial charge is 0.324 e. The van der Waals surface area contributed by atoms with Crippen molar-refractivity contribution in [1.82, 2.24) is 15.0 Å². The van der Waals surface area contributed by atoms with Crippen LogP contribution in [0.5, 0.6) is 0 Å². The van der Waals surface area contributed by atoms with Crippen LogP contribution >= 0.6 is 0 Å². The van der Waals surface area contributed by atoms with Gasteiger partial charge in [-0.05, 0) is 19.9 Å². The zero-order valence-corrected chi connectivity index (χ0v) is 12.2. The summed E-state index contributed by atoms with van der Waals surface area (Å²) in [5.41, 5.74) is 3.41. The molecule has 3 N–H and O–H groups in total. The molecule has 8 heteroatoms. The Morgan fingerprint density at radius 1 is 1.29 bits per heavy atom. The van der Waals surface area contributed by atoms with Gasteiger partial charge in [-0.1, -0.05) is 13.8 Å². The van der Waals surface area contributed by atoms with Crippen LogP contribution in [0.1, 0.15) is 43.9 Å². The van der Waals surface area contributed by atoms with E-state index in [1.54, 1.807) is 0 Å². The van der Waals surface area contributed by atoms with Crippen molar-refractivity contribution in [2.75, 3.05) is 0 Å². The highest BCUT2D eigenvalue weighted by atomic mass is 19.4. The number of H-pyrrole nitrogens is 1. The number of alkyl halides is 3. The van der Waals surface area contributed by atoms with Gasteiger partial charge in [0.15, 0.2) is 11.3 Å². The average molecular weight is 302 g/mol. The molecule has 1 unspecified atom stereocenters. The lowest BCUT2D eigenvalue weighted by Crippen LogP contribution is -2.20. The van der Waals surface area contributed by atoms with E-state index in [-0.39, 0.29) is 22.4 Å². The number of hydrogen-bond donors (Lipinski definition) is 2. The van der Waals surface area contributed by atoms with Crippen LogP contribution < -0.4 is 11.3 Å². The molecule has 0 spiro atoms. The fourth-order valence-corrected chi connectivity index (χ4v) is 1.76. The van der Waals surface area contributed by atoms with Crippen molar-refractivity contribution in [3.05, 3.63) is 33.5 Å². The molecule has 0 fully saturated rings. The number of aromatic nitrogens is 3. The number of nitrogens with two attached hydrogens (primary N) is 1. The number of halogens is 3. The minimum absolute atomic E-state index is 0.00843. The maximum Gasteiger partial charge on any atom is 0.433 e. The molecular formula is C13H17F3N4O. The van der Waals surface area contributed by atoms with Crippen LogP contribution in [-0.2, 0) is 6.18 Å². The van der Waals surface area contributed by atoms with Crippen molar-refractivity contribution in [2.45, 2.75) is 39.9 Å². The molecule has 0 saturated heterocycles. The quantitative estimate of drug-likeness (QED) is 0.848. The third kappa shape index (κ3) is 3.57. The molecule has 0 aliphatic rings. The van der Waals surface area contributed by atoms with Gasteiger partial charge in [0.25, 0.3) is 5.56 Å². The Morgan fingerprint density at radius 3 is 2.33 bits per heavy atom. The average Bonchev–Trinajstić information content (AvgIpc) is 2.38. The molecule has 0 radical (unpaired) electrons. The SMILES string of the molecule is CC.Cc1nc2nc(C(F)(F)F)c(C(C)N)cc2c(=O)[nH]1. The Bertz CT molecular complexity index is 692. The molecule has 0 amide bonds. The van der Waals surface area contributed by atoms with Crippen LogP contribution in [-0.4, -0.2) is 15.0 Å². The number of nitrogens with zero attached hydrogens (tertiary/aromatic N) is 2. The summed E-state index contributed by atoms with van der Waals surface area (Å²) in [7, 11) is 0. The van der Waals surface area contributed by atoms with Gasteiger partial charge in [0.1, 0.15) is 5.82 Å². The topological polar surface area (TPSA) is 84.7 Å². The first kappa shape index (κ1) is 17.1. The summed E-state index contributed by atoms with van der Waals surface area (Å²) in [6, 6.07) is 0.204. The normalized spacial score (nSPS) is 12.8. The number of rotatable bonds is 1. The first-order valence-electron chi connectivity index (χ1n) is 6.44. The predicted molar refractivity (Wildman–Crippen MR) is 73.8 cm³/mol. The number of aromatic amines is 1. The third-order valence-electron chi connectivity index (χ3n) is 2.60. The van der Waals surface area contributed by atoms with Gasteiger partial charge < -0.3 is 10.7 Å². The Labute approximate surface area is 119 Å². The molecule has 2 aromatic heterocycles. The Balaban J connectivity index is 0.00000106. The lowest BCUT2D eigenvalue weighted by molar-refractivity contribution is -0.141. The van der Waals surface area contributed by atoms with E-state index < -0.39 is 23.5 Å². The second-order valence-electron chi connectivity index (χ2n) is 4.24. The number of pyridine rings is 1. The van der Waals surface area contributed by atoms with Crippen molar-refractivity contribution in [1.29, 1.82) is 0 Å². The van der Waals surface area contributed by atoms with Crippen molar-refractivity contribution in [3.63, 3.8) is 0 Å². The Kier molecular flexibility index (Phi) is 5.06. The molecule has 1 atom stereocenters. The molecule has 0 bridgehead atoms. The lowest BCUT2D eigenvalue weighted by atomic mass is 10.1. The van der Waals surface area contributed by atoms with Gasteiger partial charge >= 0.3 is 6.18 Å². The summed E-state index contributed by atoms with van der Waals surface area (Å²) >= 11 is 0. The standard InChI is InChI=1S/C11H11F3N4O.C2H6/c1-4(15)6-3-7-9(16-5(2)17-10(7)19)18-8(6)11(12,13)14;1-2/h3-4H,15H2,1-2H3,(H,16,17,18,19);1-2H3. The maximum absolute atomic E-state index is 12.9. The van der Waals surface area contributed by atoms with Crippen LogP contribution in [0.4, 0.5) is 13.2 Å². The molecule has 0 aliphatic heterocycles. The molecule has 116 valence electrons. The third-order valence-corrected chi connectivity index (χ3v) is 2.60. The van der Waals surface area contributed by atoms with Gasteiger partial charge in [-0.2, -0.15) is 13.2 Å². The van der Waals surface area contributed by atoms with E-state index in [0.29, 0.717) is 0 Å². The first-order valence-corrected chi connectivity index (χ1v) is 6.44. The molecule has 2 aromatic rings. The fourth-order valence-electron chi connectivity index (χ4n) is 1.76. The van der Waals surface area contributed by atoms with Crippen LogP contribution in [0.2, 0.25) is 0 Å². The van der Waals surface area contributed by atoms with Gasteiger partial charge in [0.2, 0.25) is 0 Å². The predicted octanol–water partition coefficient (Wildman–Crippen LogP) is 2.69. The van der Waals surface area contributed by atoms with Crippen LogP contribution in [0.25, 0.3) is 11.0 Å². The minimum Gasteiger partial charge on any atom is -0.324 e. The molecule has 0 aliphatic carbocycles. The van der Waals surface area contributed by atoms with E-state index in [1.165, 1.54) is 13.8 Å². The fraction of sp³-hybridized carbons (Fsp3) is 0.462. The molecule has 0 aromatic carbocycles. The monoisotopic (exact) mass is 302 g/mol. The summed E-state index contributed by atoms with van der Waals surface area (Å²) in [6.45, 7) is 6.86. The summed E-state index contributed by atoms with van der Waals surface area (Å²) < 4.78 is 38.7. The number of hydrogen-bond acceptors (Lipinski definition) is 4. The Morgan fingerprint density at radius 2 is 1.86 bits per heavy atom. The van der Waals surface area contributed by atoms with Crippen molar-refractivity contribution in [3.8, 4) is 0 Å². The summed E-state index contributed by atoms with van der Waals surface area (Å²) in [5, 5.41) is -0.00843. The summed E-state index contributed by atoms with van der Waals surface area (Å²) in [4.78, 5) is 21.3. The van der Waals surface area contributed by atoms with Gasteiger partial charge in [-0.15, -0.1) is 0 Å². The highest BCUT2D eigenvalue weighted by Gasteiger charge is 2.36. The zero-order valence-electron chi connectivity index (χ0n) is 12.2. The van der Waals surface area contributed by atoms with Crippen LogP contribution in [0.15, 0.2) is 10.9 Å². The number of aryl methyl sites for hydroxylation is 1. The summed E-state index contributed by atoms with van der Waals surface area (Å²) in [5.74, 6) is 0.201. The largest absolute Gasteiger partial charge is 0.433 e. The Hall–Kier alpha value is -1.96. The molecule has 5 nitrogen and oxygen atoms in total. The zero-order chi connectivity index (χ0) is 16.4. The highest BCUT2D eigenvalue weighted by molar-refractivity contribution is 5.75. The van der Waals surface area contributed by atoms with Crippen molar-refractivity contribution < 1.29 is 13.2 Å². The van der Waals surface area contributed by atoms with E-state index in [1.807, 2.05) is 13.8 Å². The van der Waals surface area contributed by atoms with Gasteiger partial charge in [-0.3, -0.25) is 4.79 Å². The number of fused-ring (bicyclic) bond motifs is 1. The van der Waals surface area contributed by atoms with Gasteiger partial charge in [0, 0.05) is 11.6 Å². The van der Waals surface area contributed by atoms with Crippen LogP contribution in [0, 0.1) is 6.92 Å². The van der Waals surface area contributed by atoms with E-state index in [2.05, 4.69) is 15.0 Å². The minimum atomic E-state index is -4.64. The molecule has 2 heterocycles. The van der Waals surface area contributed by atoms with E-state index in [9.17, 15) is 18.0 Å². The van der Waals surface area contributed by atoms with Gasteiger partial charge in [-0.25, -0.2) is 9.97 Å². The van der Waals surface area contributed by atoms with Crippen molar-refractivity contribution >= 4 is 11.0 Å². The second kappa shape index (κ2) is 6.21. The van der Waals surface area contributed by atoms with Gasteiger partial charge in [0.05, 0.1) is 5.39 Å². The van der Waals surface area contributed by atoms with E-state index in [0.717, 1.165) is 6.07 Å². The number of nitrogens with one attached hydrogen (secondary N) is 1. The molecular weight excluding hydrogens is 285 g/mol. The lowest BCUT2D eigenvalue weighted by Gasteiger charge is -2.15. The van der Waals surface area contributed by atoms with Crippen molar-refractivity contribution in [2.24, 2.45) is 5.73 Å². The highest BCUT2D eigenvalue weighted by Crippen LogP contribution is 2.33. The molecule has 0 saturated carbocycles. The van der Waals surface area contributed by atoms with Crippen LogP contribution in [0.3, 0.4) is 0 Å². The first-order chi connectivity index (χ1) is 9.70. The van der Waals surface area contributed by atoms with E-state index >= 15 is 0 Å². The second-order valence-corrected chi connectivity index (χ2v) is 4.24. The molecule has 2 rings (SSSR count). The van der Waals surface area contributed by atoms with E-state index in [4.69, 9.17) is 5.73 Å². The maximum atomic E-state index is 12.9. The molecule has 21 heavy (non-hydrogen) atoms. The summed E-state index contributed by atoms with van der Waals surface area (Å²) in [6.07, 6.45) is -4.64.